The predicted molar refractivity (Wildman–Crippen MR) is 68.8 cm³/mol. The molecule has 92 valence electrons. The molecule has 1 atom stereocenters. The van der Waals surface area contributed by atoms with E-state index in [1.165, 1.54) is 4.88 Å². The highest BCUT2D eigenvalue weighted by atomic mass is 32.1. The summed E-state index contributed by atoms with van der Waals surface area (Å²) in [6, 6.07) is 0. The Morgan fingerprint density at radius 2 is 2.19 bits per heavy atom. The van der Waals surface area contributed by atoms with Crippen LogP contribution in [-0.2, 0) is 6.54 Å². The third kappa shape index (κ3) is 4.60. The lowest BCUT2D eigenvalue weighted by Crippen LogP contribution is -2.21. The number of hydrogen-bond donors (Lipinski definition) is 2. The molecule has 0 aliphatic carbocycles. The Balaban J connectivity index is 2.26. The first-order valence-electron chi connectivity index (χ1n) is 5.89. The molecule has 1 aromatic heterocycles. The first-order chi connectivity index (χ1) is 7.63. The Labute approximate surface area is 102 Å². The number of thiazole rings is 1. The average molecular weight is 242 g/mol. The van der Waals surface area contributed by atoms with Gasteiger partial charge in [0.05, 0.1) is 0 Å². The van der Waals surface area contributed by atoms with Crippen LogP contribution < -0.4 is 5.32 Å². The molecule has 0 spiro atoms. The standard InChI is InChI=1S/C12H22N2OS/c1-9(2)11-7-14-12(16-11)8-13-6-10(3)4-5-15/h7,9-10,13,15H,4-6,8H2,1-3H3. The summed E-state index contributed by atoms with van der Waals surface area (Å²) in [6.07, 6.45) is 2.84. The van der Waals surface area contributed by atoms with Crippen LogP contribution in [0.5, 0.6) is 0 Å². The second-order valence-electron chi connectivity index (χ2n) is 4.56. The minimum atomic E-state index is 0.275. The number of aromatic nitrogens is 1. The van der Waals surface area contributed by atoms with E-state index in [4.69, 9.17) is 5.11 Å². The SMILES string of the molecule is CC(CCO)CNCc1ncc(C(C)C)s1. The van der Waals surface area contributed by atoms with Crippen LogP contribution in [0.25, 0.3) is 0 Å². The van der Waals surface area contributed by atoms with Crippen molar-refractivity contribution < 1.29 is 5.11 Å². The third-order valence-electron chi connectivity index (χ3n) is 2.53. The molecule has 1 rings (SSSR count). The Hall–Kier alpha value is -0.450. The van der Waals surface area contributed by atoms with Gasteiger partial charge in [-0.3, -0.25) is 0 Å². The van der Waals surface area contributed by atoms with E-state index in [2.05, 4.69) is 31.1 Å². The molecule has 1 unspecified atom stereocenters. The zero-order valence-corrected chi connectivity index (χ0v) is 11.2. The Morgan fingerprint density at radius 1 is 1.44 bits per heavy atom. The van der Waals surface area contributed by atoms with Crippen LogP contribution >= 0.6 is 11.3 Å². The summed E-state index contributed by atoms with van der Waals surface area (Å²) >= 11 is 1.78. The molecule has 16 heavy (non-hydrogen) atoms. The van der Waals surface area contributed by atoms with Gasteiger partial charge in [-0.2, -0.15) is 0 Å². The lowest BCUT2D eigenvalue weighted by atomic mass is 10.1. The molecular weight excluding hydrogens is 220 g/mol. The van der Waals surface area contributed by atoms with Crippen molar-refractivity contribution >= 4 is 11.3 Å². The van der Waals surface area contributed by atoms with Crippen LogP contribution in [0.1, 0.15) is 43.0 Å². The highest BCUT2D eigenvalue weighted by Gasteiger charge is 2.06. The van der Waals surface area contributed by atoms with E-state index >= 15 is 0 Å². The normalized spacial score (nSPS) is 13.3. The maximum Gasteiger partial charge on any atom is 0.107 e. The monoisotopic (exact) mass is 242 g/mol. The van der Waals surface area contributed by atoms with Gasteiger partial charge in [0, 0.05) is 24.2 Å². The van der Waals surface area contributed by atoms with Crippen molar-refractivity contribution in [3.05, 3.63) is 16.1 Å². The van der Waals surface area contributed by atoms with Crippen LogP contribution in [-0.4, -0.2) is 23.2 Å². The van der Waals surface area contributed by atoms with E-state index in [1.807, 2.05) is 6.20 Å². The number of hydrogen-bond acceptors (Lipinski definition) is 4. The smallest absolute Gasteiger partial charge is 0.107 e. The molecule has 0 aromatic carbocycles. The molecule has 0 radical (unpaired) electrons. The largest absolute Gasteiger partial charge is 0.396 e. The first kappa shape index (κ1) is 13.6. The van der Waals surface area contributed by atoms with Crippen LogP contribution in [0.15, 0.2) is 6.20 Å². The molecule has 1 aromatic rings. The first-order valence-corrected chi connectivity index (χ1v) is 6.71. The van der Waals surface area contributed by atoms with Gasteiger partial charge in [-0.25, -0.2) is 4.98 Å². The molecule has 0 amide bonds. The molecule has 0 fully saturated rings. The van der Waals surface area contributed by atoms with E-state index in [0.29, 0.717) is 11.8 Å². The summed E-state index contributed by atoms with van der Waals surface area (Å²) < 4.78 is 0. The fourth-order valence-electron chi connectivity index (χ4n) is 1.42. The van der Waals surface area contributed by atoms with Crippen molar-refractivity contribution in [3.8, 4) is 0 Å². The summed E-state index contributed by atoms with van der Waals surface area (Å²) in [4.78, 5) is 5.73. The molecule has 0 aliphatic heterocycles. The van der Waals surface area contributed by atoms with Crippen LogP contribution in [0.4, 0.5) is 0 Å². The predicted octanol–water partition coefficient (Wildman–Crippen LogP) is 2.37. The second-order valence-corrected chi connectivity index (χ2v) is 5.71. The van der Waals surface area contributed by atoms with Gasteiger partial charge in [0.1, 0.15) is 5.01 Å². The summed E-state index contributed by atoms with van der Waals surface area (Å²) in [5, 5.41) is 13.3. The van der Waals surface area contributed by atoms with Crippen molar-refractivity contribution in [3.63, 3.8) is 0 Å². The zero-order valence-electron chi connectivity index (χ0n) is 10.4. The molecular formula is C12H22N2OS. The fourth-order valence-corrected chi connectivity index (χ4v) is 2.31. The molecule has 0 bridgehead atoms. The van der Waals surface area contributed by atoms with Gasteiger partial charge in [0.25, 0.3) is 0 Å². The third-order valence-corrected chi connectivity index (χ3v) is 3.83. The number of aliphatic hydroxyl groups excluding tert-OH is 1. The average Bonchev–Trinajstić information content (AvgIpc) is 2.67. The van der Waals surface area contributed by atoms with E-state index in [9.17, 15) is 0 Å². The van der Waals surface area contributed by atoms with Gasteiger partial charge < -0.3 is 10.4 Å². The van der Waals surface area contributed by atoms with Crippen LogP contribution in [0.2, 0.25) is 0 Å². The van der Waals surface area contributed by atoms with E-state index in [1.54, 1.807) is 11.3 Å². The van der Waals surface area contributed by atoms with Gasteiger partial charge in [0.15, 0.2) is 0 Å². The summed E-state index contributed by atoms with van der Waals surface area (Å²) in [5.74, 6) is 1.09. The van der Waals surface area contributed by atoms with E-state index in [0.717, 1.165) is 24.5 Å². The lowest BCUT2D eigenvalue weighted by Gasteiger charge is -2.09. The van der Waals surface area contributed by atoms with Gasteiger partial charge in [-0.1, -0.05) is 20.8 Å². The highest BCUT2D eigenvalue weighted by Crippen LogP contribution is 2.21. The minimum Gasteiger partial charge on any atom is -0.396 e. The van der Waals surface area contributed by atoms with Crippen molar-refractivity contribution in [1.29, 1.82) is 0 Å². The molecule has 2 N–H and O–H groups in total. The summed E-state index contributed by atoms with van der Waals surface area (Å²) in [6.45, 7) is 8.58. The van der Waals surface area contributed by atoms with Gasteiger partial charge in [-0.15, -0.1) is 11.3 Å². The molecule has 0 aliphatic rings. The number of nitrogens with one attached hydrogen (secondary N) is 1. The van der Waals surface area contributed by atoms with Gasteiger partial charge in [-0.05, 0) is 24.8 Å². The molecule has 0 saturated heterocycles. The molecule has 1 heterocycles. The lowest BCUT2D eigenvalue weighted by molar-refractivity contribution is 0.260. The summed E-state index contributed by atoms with van der Waals surface area (Å²) in [7, 11) is 0. The van der Waals surface area contributed by atoms with E-state index < -0.39 is 0 Å². The number of rotatable bonds is 7. The Morgan fingerprint density at radius 3 is 2.75 bits per heavy atom. The Kier molecular flexibility index (Phi) is 5.95. The van der Waals surface area contributed by atoms with Gasteiger partial charge in [0.2, 0.25) is 0 Å². The zero-order chi connectivity index (χ0) is 12.0. The van der Waals surface area contributed by atoms with Crippen molar-refractivity contribution in [2.24, 2.45) is 5.92 Å². The molecule has 4 heteroatoms. The minimum absolute atomic E-state index is 0.275. The number of nitrogens with zero attached hydrogens (tertiary/aromatic N) is 1. The van der Waals surface area contributed by atoms with Gasteiger partial charge >= 0.3 is 0 Å². The summed E-state index contributed by atoms with van der Waals surface area (Å²) in [5.41, 5.74) is 0. The van der Waals surface area contributed by atoms with Crippen LogP contribution in [0.3, 0.4) is 0 Å². The van der Waals surface area contributed by atoms with Crippen molar-refractivity contribution in [2.45, 2.75) is 39.7 Å². The maximum atomic E-state index is 8.78. The number of aliphatic hydroxyl groups is 1. The molecule has 0 saturated carbocycles. The maximum absolute atomic E-state index is 8.78. The van der Waals surface area contributed by atoms with Crippen molar-refractivity contribution in [1.82, 2.24) is 10.3 Å². The quantitative estimate of drug-likeness (QED) is 0.771. The van der Waals surface area contributed by atoms with Crippen molar-refractivity contribution in [2.75, 3.05) is 13.2 Å². The Bertz CT molecular complexity index is 299. The highest BCUT2D eigenvalue weighted by molar-refractivity contribution is 7.11. The topological polar surface area (TPSA) is 45.1 Å². The van der Waals surface area contributed by atoms with E-state index in [-0.39, 0.29) is 6.61 Å². The van der Waals surface area contributed by atoms with Crippen LogP contribution in [0, 0.1) is 5.92 Å². The fraction of sp³-hybridized carbons (Fsp3) is 0.750. The second kappa shape index (κ2) is 6.99. The molecule has 3 nitrogen and oxygen atoms in total.